The number of hydrogen-bond acceptors (Lipinski definition) is 3. The summed E-state index contributed by atoms with van der Waals surface area (Å²) >= 11 is 11.7. The van der Waals surface area contributed by atoms with Gasteiger partial charge in [-0.1, -0.05) is 29.3 Å². The van der Waals surface area contributed by atoms with Gasteiger partial charge < -0.3 is 6.15 Å². The molecule has 16 heavy (non-hydrogen) atoms. The number of nitrogens with zero attached hydrogens (tertiary/aromatic N) is 2. The van der Waals surface area contributed by atoms with Gasteiger partial charge in [-0.3, -0.25) is 0 Å². The molecule has 0 aliphatic carbocycles. The van der Waals surface area contributed by atoms with E-state index in [1.165, 1.54) is 6.33 Å². The van der Waals surface area contributed by atoms with Crippen LogP contribution in [0, 0.1) is 6.92 Å². The SMILES string of the molecule is Cc1ccc(Cl)cc1-c1cc(Cl)ncn1.N. The summed E-state index contributed by atoms with van der Waals surface area (Å²) in [7, 11) is 0. The molecule has 0 unspecified atom stereocenters. The third-order valence-electron chi connectivity index (χ3n) is 2.11. The highest BCUT2D eigenvalue weighted by Crippen LogP contribution is 2.25. The topological polar surface area (TPSA) is 60.8 Å². The van der Waals surface area contributed by atoms with Gasteiger partial charge in [0, 0.05) is 16.7 Å². The summed E-state index contributed by atoms with van der Waals surface area (Å²) in [6, 6.07) is 7.40. The normalized spacial score (nSPS) is 9.69. The lowest BCUT2D eigenvalue weighted by Crippen LogP contribution is -1.88. The van der Waals surface area contributed by atoms with Crippen molar-refractivity contribution in [2.75, 3.05) is 0 Å². The molecule has 0 spiro atoms. The highest BCUT2D eigenvalue weighted by Gasteiger charge is 2.04. The van der Waals surface area contributed by atoms with E-state index < -0.39 is 0 Å². The molecule has 5 heteroatoms. The molecule has 0 fully saturated rings. The number of hydrogen-bond donors (Lipinski definition) is 1. The van der Waals surface area contributed by atoms with Crippen molar-refractivity contribution in [3.05, 3.63) is 46.3 Å². The zero-order valence-electron chi connectivity index (χ0n) is 8.74. The predicted octanol–water partition coefficient (Wildman–Crippen LogP) is 3.92. The van der Waals surface area contributed by atoms with Crippen LogP contribution in [0.3, 0.4) is 0 Å². The molecule has 1 aromatic carbocycles. The summed E-state index contributed by atoms with van der Waals surface area (Å²) in [6.07, 6.45) is 1.44. The number of aromatic nitrogens is 2. The average molecular weight is 256 g/mol. The summed E-state index contributed by atoms with van der Waals surface area (Å²) in [5.41, 5.74) is 2.87. The quantitative estimate of drug-likeness (QED) is 0.786. The lowest BCUT2D eigenvalue weighted by molar-refractivity contribution is 1.17. The maximum atomic E-state index is 5.93. The number of aryl methyl sites for hydroxylation is 1. The van der Waals surface area contributed by atoms with Crippen LogP contribution in [0.2, 0.25) is 10.2 Å². The molecule has 1 heterocycles. The Morgan fingerprint density at radius 2 is 1.81 bits per heavy atom. The van der Waals surface area contributed by atoms with Crippen molar-refractivity contribution in [1.29, 1.82) is 0 Å². The van der Waals surface area contributed by atoms with Crippen molar-refractivity contribution in [3.8, 4) is 11.3 Å². The molecule has 3 nitrogen and oxygen atoms in total. The van der Waals surface area contributed by atoms with E-state index >= 15 is 0 Å². The minimum absolute atomic E-state index is 0. The highest BCUT2D eigenvalue weighted by atomic mass is 35.5. The molecule has 84 valence electrons. The Hall–Kier alpha value is -1.16. The summed E-state index contributed by atoms with van der Waals surface area (Å²) < 4.78 is 0. The van der Waals surface area contributed by atoms with Gasteiger partial charge in [-0.15, -0.1) is 0 Å². The number of benzene rings is 1. The lowest BCUT2D eigenvalue weighted by atomic mass is 10.1. The van der Waals surface area contributed by atoms with Crippen LogP contribution in [0.1, 0.15) is 5.56 Å². The average Bonchev–Trinajstić information content (AvgIpc) is 2.22. The third-order valence-corrected chi connectivity index (χ3v) is 2.55. The van der Waals surface area contributed by atoms with E-state index in [1.807, 2.05) is 25.1 Å². The van der Waals surface area contributed by atoms with Crippen LogP contribution in [0.5, 0.6) is 0 Å². The second-order valence-electron chi connectivity index (χ2n) is 3.19. The maximum Gasteiger partial charge on any atom is 0.133 e. The van der Waals surface area contributed by atoms with Gasteiger partial charge in [-0.2, -0.15) is 0 Å². The standard InChI is InChI=1S/C11H8Cl2N2.H3N/c1-7-2-3-8(12)4-9(7)10-5-11(13)15-6-14-10;/h2-6H,1H3;1H3. The van der Waals surface area contributed by atoms with E-state index in [-0.39, 0.29) is 6.15 Å². The first-order valence-corrected chi connectivity index (χ1v) is 5.16. The molecule has 0 aliphatic heterocycles. The van der Waals surface area contributed by atoms with Crippen molar-refractivity contribution in [3.63, 3.8) is 0 Å². The van der Waals surface area contributed by atoms with E-state index in [0.29, 0.717) is 10.2 Å². The van der Waals surface area contributed by atoms with Gasteiger partial charge in [0.2, 0.25) is 0 Å². The second-order valence-corrected chi connectivity index (χ2v) is 4.01. The predicted molar refractivity (Wildman–Crippen MR) is 67.2 cm³/mol. The monoisotopic (exact) mass is 255 g/mol. The van der Waals surface area contributed by atoms with Gasteiger partial charge in [0.05, 0.1) is 5.69 Å². The minimum atomic E-state index is 0. The first-order chi connectivity index (χ1) is 7.16. The first-order valence-electron chi connectivity index (χ1n) is 4.41. The molecule has 2 rings (SSSR count). The van der Waals surface area contributed by atoms with E-state index in [1.54, 1.807) is 6.07 Å². The molecule has 2 aromatic rings. The third kappa shape index (κ3) is 2.70. The second kappa shape index (κ2) is 5.25. The lowest BCUT2D eigenvalue weighted by Gasteiger charge is -2.05. The number of halogens is 2. The Balaban J connectivity index is 0.00000128. The highest BCUT2D eigenvalue weighted by molar-refractivity contribution is 6.31. The summed E-state index contributed by atoms with van der Waals surface area (Å²) in [5.74, 6) is 0. The van der Waals surface area contributed by atoms with Gasteiger partial charge in [0.1, 0.15) is 11.5 Å². The molecule has 1 aromatic heterocycles. The fourth-order valence-corrected chi connectivity index (χ4v) is 1.67. The summed E-state index contributed by atoms with van der Waals surface area (Å²) in [6.45, 7) is 2.00. The number of rotatable bonds is 1. The largest absolute Gasteiger partial charge is 0.344 e. The van der Waals surface area contributed by atoms with E-state index in [0.717, 1.165) is 16.8 Å². The minimum Gasteiger partial charge on any atom is -0.344 e. The molecule has 0 bridgehead atoms. The van der Waals surface area contributed by atoms with Crippen LogP contribution in [-0.4, -0.2) is 9.97 Å². The molecule has 3 N–H and O–H groups in total. The van der Waals surface area contributed by atoms with Crippen LogP contribution >= 0.6 is 23.2 Å². The molecular formula is C11H11Cl2N3. The zero-order valence-corrected chi connectivity index (χ0v) is 10.3. The molecule has 0 atom stereocenters. The van der Waals surface area contributed by atoms with Gasteiger partial charge in [-0.05, 0) is 24.6 Å². The van der Waals surface area contributed by atoms with Crippen molar-refractivity contribution >= 4 is 23.2 Å². The summed E-state index contributed by atoms with van der Waals surface area (Å²) in [5, 5.41) is 1.12. The summed E-state index contributed by atoms with van der Waals surface area (Å²) in [4.78, 5) is 8.00. The zero-order chi connectivity index (χ0) is 10.8. The van der Waals surface area contributed by atoms with Crippen LogP contribution in [0.25, 0.3) is 11.3 Å². The molecule has 0 saturated heterocycles. The molecule has 0 saturated carbocycles. The Bertz CT molecular complexity index is 500. The van der Waals surface area contributed by atoms with Gasteiger partial charge in [0.25, 0.3) is 0 Å². The van der Waals surface area contributed by atoms with Crippen molar-refractivity contribution in [1.82, 2.24) is 16.1 Å². The van der Waals surface area contributed by atoms with Crippen LogP contribution in [0.15, 0.2) is 30.6 Å². The van der Waals surface area contributed by atoms with Crippen molar-refractivity contribution < 1.29 is 0 Å². The fraction of sp³-hybridized carbons (Fsp3) is 0.0909. The first kappa shape index (κ1) is 12.9. The van der Waals surface area contributed by atoms with Crippen molar-refractivity contribution in [2.24, 2.45) is 0 Å². The molecular weight excluding hydrogens is 245 g/mol. The Morgan fingerprint density at radius 1 is 1.06 bits per heavy atom. The molecule has 0 radical (unpaired) electrons. The van der Waals surface area contributed by atoms with Gasteiger partial charge in [0.15, 0.2) is 0 Å². The van der Waals surface area contributed by atoms with Crippen LogP contribution in [-0.2, 0) is 0 Å². The van der Waals surface area contributed by atoms with Crippen LogP contribution in [0.4, 0.5) is 0 Å². The molecule has 0 amide bonds. The van der Waals surface area contributed by atoms with Crippen LogP contribution < -0.4 is 6.15 Å². The Morgan fingerprint density at radius 3 is 2.50 bits per heavy atom. The van der Waals surface area contributed by atoms with E-state index in [2.05, 4.69) is 9.97 Å². The smallest absolute Gasteiger partial charge is 0.133 e. The fourth-order valence-electron chi connectivity index (χ4n) is 1.35. The van der Waals surface area contributed by atoms with Crippen molar-refractivity contribution in [2.45, 2.75) is 6.92 Å². The maximum absolute atomic E-state index is 5.93. The Labute approximate surface area is 104 Å². The van der Waals surface area contributed by atoms with E-state index in [9.17, 15) is 0 Å². The Kier molecular flexibility index (Phi) is 4.24. The molecule has 0 aliphatic rings. The van der Waals surface area contributed by atoms with E-state index in [4.69, 9.17) is 23.2 Å². The van der Waals surface area contributed by atoms with Gasteiger partial charge in [-0.25, -0.2) is 9.97 Å². The van der Waals surface area contributed by atoms with Gasteiger partial charge >= 0.3 is 0 Å².